The minimum atomic E-state index is -1.84. The fourth-order valence-electron chi connectivity index (χ4n) is 10.3. The lowest BCUT2D eigenvalue weighted by atomic mass is 9.44. The number of hydrogen-bond donors (Lipinski definition) is 0. The molecule has 0 spiro atoms. The summed E-state index contributed by atoms with van der Waals surface area (Å²) in [5.74, 6) is 4.68. The zero-order chi connectivity index (χ0) is 33.8. The zero-order valence-corrected chi connectivity index (χ0v) is 34.1. The molecular formula is C40H74O3Si2. The van der Waals surface area contributed by atoms with Crippen molar-refractivity contribution >= 4 is 22.4 Å². The van der Waals surface area contributed by atoms with E-state index >= 15 is 0 Å². The normalized spacial score (nSPS) is 37.4. The molecule has 0 N–H and O–H groups in total. The highest BCUT2D eigenvalue weighted by molar-refractivity contribution is 6.74. The molecule has 0 amide bonds. The summed E-state index contributed by atoms with van der Waals surface area (Å²) in [7, 11) is -3.53. The lowest BCUT2D eigenvalue weighted by Crippen LogP contribution is -2.58. The van der Waals surface area contributed by atoms with Crippen molar-refractivity contribution in [2.24, 2.45) is 52.3 Å². The van der Waals surface area contributed by atoms with Crippen LogP contribution < -0.4 is 0 Å². The second kappa shape index (κ2) is 13.2. The summed E-state index contributed by atoms with van der Waals surface area (Å²) in [5.41, 5.74) is 0.510. The van der Waals surface area contributed by atoms with Gasteiger partial charge in [0.25, 0.3) is 0 Å². The van der Waals surface area contributed by atoms with Crippen LogP contribution >= 0.6 is 0 Å². The molecule has 0 aromatic heterocycles. The maximum absolute atomic E-state index is 14.1. The third kappa shape index (κ3) is 7.37. The molecule has 0 radical (unpaired) electrons. The molecule has 0 saturated heterocycles. The Morgan fingerprint density at radius 1 is 0.889 bits per heavy atom. The van der Waals surface area contributed by atoms with E-state index in [1.165, 1.54) is 51.4 Å². The molecule has 7 unspecified atom stereocenters. The Balaban J connectivity index is 1.37. The maximum Gasteiger partial charge on any atom is 0.192 e. The summed E-state index contributed by atoms with van der Waals surface area (Å²) < 4.78 is 13.5. The van der Waals surface area contributed by atoms with Gasteiger partial charge in [-0.05, 0) is 140 Å². The molecular weight excluding hydrogens is 585 g/mol. The number of fused-ring (bicyclic) bond motifs is 5. The molecule has 0 heterocycles. The van der Waals surface area contributed by atoms with E-state index in [0.717, 1.165) is 25.9 Å². The third-order valence-electron chi connectivity index (χ3n) is 15.3. The first kappa shape index (κ1) is 37.6. The van der Waals surface area contributed by atoms with E-state index < -0.39 is 16.6 Å². The Morgan fingerprint density at radius 2 is 1.49 bits per heavy atom. The summed E-state index contributed by atoms with van der Waals surface area (Å²) in [6, 6.07) is 0. The van der Waals surface area contributed by atoms with Crippen LogP contribution in [0.4, 0.5) is 0 Å². The van der Waals surface area contributed by atoms with E-state index in [-0.39, 0.29) is 27.5 Å². The van der Waals surface area contributed by atoms with E-state index in [0.29, 0.717) is 46.7 Å². The van der Waals surface area contributed by atoms with Crippen molar-refractivity contribution in [1.82, 2.24) is 0 Å². The zero-order valence-electron chi connectivity index (χ0n) is 32.1. The Bertz CT molecular complexity index is 1050. The highest BCUT2D eigenvalue weighted by Crippen LogP contribution is 2.68. The molecule has 0 bridgehead atoms. The lowest BCUT2D eigenvalue weighted by Gasteiger charge is -2.61. The molecule has 4 aliphatic carbocycles. The third-order valence-corrected chi connectivity index (χ3v) is 24.4. The van der Waals surface area contributed by atoms with Gasteiger partial charge in [0.1, 0.15) is 5.78 Å². The van der Waals surface area contributed by atoms with E-state index in [1.54, 1.807) is 0 Å². The van der Waals surface area contributed by atoms with Gasteiger partial charge in [-0.1, -0.05) is 74.8 Å². The number of ketones is 1. The average Bonchev–Trinajstić information content (AvgIpc) is 3.26. The molecule has 0 aromatic carbocycles. The first-order valence-corrected chi connectivity index (χ1v) is 24.9. The van der Waals surface area contributed by atoms with Crippen LogP contribution in [0, 0.1) is 52.3 Å². The van der Waals surface area contributed by atoms with E-state index in [4.69, 9.17) is 8.85 Å². The van der Waals surface area contributed by atoms with Gasteiger partial charge in [0.2, 0.25) is 0 Å². The van der Waals surface area contributed by atoms with Gasteiger partial charge in [-0.25, -0.2) is 0 Å². The molecule has 4 rings (SSSR count). The first-order chi connectivity index (χ1) is 20.6. The van der Waals surface area contributed by atoms with Gasteiger partial charge in [-0.2, -0.15) is 0 Å². The van der Waals surface area contributed by atoms with Gasteiger partial charge in [0, 0.05) is 25.0 Å². The van der Waals surface area contributed by atoms with Gasteiger partial charge in [-0.3, -0.25) is 4.79 Å². The van der Waals surface area contributed by atoms with Crippen molar-refractivity contribution in [3.05, 3.63) is 12.7 Å². The van der Waals surface area contributed by atoms with Crippen LogP contribution in [0.1, 0.15) is 133 Å². The average molecular weight is 659 g/mol. The lowest BCUT2D eigenvalue weighted by molar-refractivity contribution is -0.159. The summed E-state index contributed by atoms with van der Waals surface area (Å²) in [6.45, 7) is 36.3. The fourth-order valence-corrected chi connectivity index (χ4v) is 12.8. The Hall–Kier alpha value is -0.236. The van der Waals surface area contributed by atoms with Crippen LogP contribution in [0.3, 0.4) is 0 Å². The van der Waals surface area contributed by atoms with Crippen molar-refractivity contribution in [2.45, 2.75) is 175 Å². The second-order valence-electron chi connectivity index (χ2n) is 20.1. The van der Waals surface area contributed by atoms with Crippen molar-refractivity contribution in [1.29, 1.82) is 0 Å². The Kier molecular flexibility index (Phi) is 11.1. The SMILES string of the molecule is C=CC(CCCC(C)CO[Si](C)(C)C(C)(C)C)C1CCC2C3CC(=O)C4C[C@@H](O[Si](C)(C)C(C)(C)C)CC[C@]4(C)C3CC[C@]12C. The summed E-state index contributed by atoms with van der Waals surface area (Å²) in [6.07, 6.45) is 15.7. The number of rotatable bonds is 11. The van der Waals surface area contributed by atoms with Crippen LogP contribution in [0.25, 0.3) is 0 Å². The van der Waals surface area contributed by atoms with E-state index in [2.05, 4.69) is 101 Å². The van der Waals surface area contributed by atoms with Crippen LogP contribution in [-0.4, -0.2) is 35.1 Å². The largest absolute Gasteiger partial charge is 0.417 e. The molecule has 260 valence electrons. The van der Waals surface area contributed by atoms with Gasteiger partial charge in [0.05, 0.1) is 0 Å². The molecule has 0 aromatic rings. The molecule has 5 heteroatoms. The van der Waals surface area contributed by atoms with Crippen LogP contribution in [0.5, 0.6) is 0 Å². The molecule has 4 saturated carbocycles. The molecule has 10 atom stereocenters. The van der Waals surface area contributed by atoms with Gasteiger partial charge < -0.3 is 8.85 Å². The molecule has 4 aliphatic rings. The quantitative estimate of drug-likeness (QED) is 0.164. The van der Waals surface area contributed by atoms with Gasteiger partial charge in [-0.15, -0.1) is 6.58 Å². The number of carbonyl (C=O) groups is 1. The maximum atomic E-state index is 14.1. The smallest absolute Gasteiger partial charge is 0.192 e. The monoisotopic (exact) mass is 659 g/mol. The van der Waals surface area contributed by atoms with Crippen LogP contribution in [0.15, 0.2) is 12.7 Å². The highest BCUT2D eigenvalue weighted by Gasteiger charge is 2.63. The molecule has 3 nitrogen and oxygen atoms in total. The van der Waals surface area contributed by atoms with Gasteiger partial charge >= 0.3 is 0 Å². The molecule has 4 fully saturated rings. The number of allylic oxidation sites excluding steroid dienone is 1. The van der Waals surface area contributed by atoms with Crippen molar-refractivity contribution in [3.63, 3.8) is 0 Å². The summed E-state index contributed by atoms with van der Waals surface area (Å²) in [4.78, 5) is 14.1. The topological polar surface area (TPSA) is 35.5 Å². The summed E-state index contributed by atoms with van der Waals surface area (Å²) in [5, 5.41) is 0.483. The fraction of sp³-hybridized carbons (Fsp3) is 0.925. The molecule has 45 heavy (non-hydrogen) atoms. The van der Waals surface area contributed by atoms with Crippen LogP contribution in [0.2, 0.25) is 36.3 Å². The Morgan fingerprint density at radius 3 is 2.09 bits per heavy atom. The first-order valence-electron chi connectivity index (χ1n) is 19.0. The van der Waals surface area contributed by atoms with E-state index in [1.807, 2.05) is 0 Å². The summed E-state index contributed by atoms with van der Waals surface area (Å²) >= 11 is 0. The number of carbonyl (C=O) groups excluding carboxylic acids is 1. The minimum absolute atomic E-state index is 0.160. The minimum Gasteiger partial charge on any atom is -0.417 e. The molecule has 0 aliphatic heterocycles. The van der Waals surface area contributed by atoms with Crippen molar-refractivity contribution < 1.29 is 13.6 Å². The second-order valence-corrected chi connectivity index (χ2v) is 29.7. The predicted octanol–water partition coefficient (Wildman–Crippen LogP) is 11.8. The standard InChI is InChI=1S/C40H74O3Si2/c1-15-29(18-16-17-28(2)27-42-44(11,12)37(3,4)5)32-19-20-33-31-26-36(41)35-25-30(43-45(13,14)38(6,7)8)21-23-40(35,10)34(31)22-24-39(32,33)9/h15,28-35H,1,16-27H2,2-14H3/t28?,29?,30-,31?,32?,33?,34?,35?,39+,40+/m0/s1. The Labute approximate surface area is 282 Å². The predicted molar refractivity (Wildman–Crippen MR) is 198 cm³/mol. The van der Waals surface area contributed by atoms with E-state index in [9.17, 15) is 4.79 Å². The number of Topliss-reactive ketones (excluding diaryl/α,β-unsaturated/α-hetero) is 1. The van der Waals surface area contributed by atoms with Crippen molar-refractivity contribution in [3.8, 4) is 0 Å². The highest BCUT2D eigenvalue weighted by atomic mass is 28.4. The number of hydrogen-bond acceptors (Lipinski definition) is 3. The van der Waals surface area contributed by atoms with Crippen molar-refractivity contribution in [2.75, 3.05) is 6.61 Å². The van der Waals surface area contributed by atoms with Crippen LogP contribution in [-0.2, 0) is 13.6 Å². The van der Waals surface area contributed by atoms with Gasteiger partial charge in [0.15, 0.2) is 16.6 Å².